The highest BCUT2D eigenvalue weighted by Gasteiger charge is 2.28. The quantitative estimate of drug-likeness (QED) is 0.562. The van der Waals surface area contributed by atoms with Gasteiger partial charge in [-0.15, -0.1) is 0 Å². The van der Waals surface area contributed by atoms with Gasteiger partial charge in [0.1, 0.15) is 5.15 Å². The van der Waals surface area contributed by atoms with Crippen LogP contribution in [-0.4, -0.2) is 54.0 Å². The maximum atomic E-state index is 12.5. The molecule has 1 aliphatic heterocycles. The molecule has 1 aliphatic rings. The molecule has 8 heteroatoms. The van der Waals surface area contributed by atoms with Crippen molar-refractivity contribution in [3.8, 4) is 0 Å². The molecule has 1 fully saturated rings. The fraction of sp³-hybridized carbons (Fsp3) is 0.400. The fourth-order valence-electron chi connectivity index (χ4n) is 3.23. The number of hydrogen-bond acceptors (Lipinski definition) is 6. The number of halogens is 1. The average molecular weight is 405 g/mol. The number of likely N-dealkylation sites (tertiary alicyclic amines) is 1. The van der Waals surface area contributed by atoms with Crippen LogP contribution in [0.1, 0.15) is 30.1 Å². The van der Waals surface area contributed by atoms with Crippen LogP contribution >= 0.6 is 11.6 Å². The highest BCUT2D eigenvalue weighted by atomic mass is 35.5. The minimum absolute atomic E-state index is 0.179. The number of para-hydroxylation sites is 1. The van der Waals surface area contributed by atoms with E-state index in [9.17, 15) is 14.4 Å². The molecule has 0 radical (unpaired) electrons. The first-order valence-electron chi connectivity index (χ1n) is 9.16. The highest BCUT2D eigenvalue weighted by molar-refractivity contribution is 6.30. The van der Waals surface area contributed by atoms with Gasteiger partial charge in [0, 0.05) is 18.5 Å². The van der Waals surface area contributed by atoms with Crippen LogP contribution in [0, 0.1) is 5.92 Å². The van der Waals surface area contributed by atoms with Crippen molar-refractivity contribution < 1.29 is 23.9 Å². The summed E-state index contributed by atoms with van der Waals surface area (Å²) < 4.78 is 10.2. The van der Waals surface area contributed by atoms with Crippen LogP contribution in [0.3, 0.4) is 0 Å². The number of benzene rings is 1. The molecular formula is C20H21ClN2O5. The zero-order chi connectivity index (χ0) is 20.1. The van der Waals surface area contributed by atoms with Gasteiger partial charge in [0.25, 0.3) is 5.91 Å². The molecule has 3 rings (SSSR count). The second-order valence-corrected chi connectivity index (χ2v) is 6.88. The zero-order valence-corrected chi connectivity index (χ0v) is 16.3. The van der Waals surface area contributed by atoms with E-state index in [4.69, 9.17) is 21.1 Å². The van der Waals surface area contributed by atoms with Crippen molar-refractivity contribution in [1.82, 2.24) is 9.88 Å². The predicted molar refractivity (Wildman–Crippen MR) is 103 cm³/mol. The maximum Gasteiger partial charge on any atom is 0.339 e. The monoisotopic (exact) mass is 404 g/mol. The van der Waals surface area contributed by atoms with E-state index < -0.39 is 5.97 Å². The molecule has 0 spiro atoms. The van der Waals surface area contributed by atoms with Crippen LogP contribution in [0.5, 0.6) is 0 Å². The minimum Gasteiger partial charge on any atom is -0.466 e. The summed E-state index contributed by atoms with van der Waals surface area (Å²) in [6, 6.07) is 8.51. The Bertz CT molecular complexity index is 893. The summed E-state index contributed by atoms with van der Waals surface area (Å²) in [5.74, 6) is -1.32. The van der Waals surface area contributed by atoms with E-state index in [1.165, 1.54) is 6.07 Å². The summed E-state index contributed by atoms with van der Waals surface area (Å²) in [5, 5.41) is 0.789. The standard InChI is InChI=1S/C20H21ClN2O5/c1-2-27-19(25)13-7-9-23(10-8-13)18(24)12-28-20(26)15-11-17(21)22-16-6-4-3-5-14(15)16/h3-6,11,13H,2,7-10,12H2,1H3. The van der Waals surface area contributed by atoms with Gasteiger partial charge in [-0.05, 0) is 31.9 Å². The van der Waals surface area contributed by atoms with Gasteiger partial charge < -0.3 is 14.4 Å². The molecule has 0 unspecified atom stereocenters. The normalized spacial score (nSPS) is 14.7. The van der Waals surface area contributed by atoms with Gasteiger partial charge in [0.05, 0.1) is 23.6 Å². The van der Waals surface area contributed by atoms with Crippen molar-refractivity contribution in [1.29, 1.82) is 0 Å². The molecule has 0 N–H and O–H groups in total. The van der Waals surface area contributed by atoms with Crippen LogP contribution in [0.2, 0.25) is 5.15 Å². The first-order valence-corrected chi connectivity index (χ1v) is 9.54. The Labute approximate surface area is 167 Å². The number of amides is 1. The smallest absolute Gasteiger partial charge is 0.339 e. The molecule has 7 nitrogen and oxygen atoms in total. The molecule has 0 bridgehead atoms. The summed E-state index contributed by atoms with van der Waals surface area (Å²) in [5.41, 5.74) is 0.846. The molecule has 1 aromatic carbocycles. The van der Waals surface area contributed by atoms with Gasteiger partial charge in [0.2, 0.25) is 0 Å². The molecule has 2 heterocycles. The van der Waals surface area contributed by atoms with Gasteiger partial charge in [0.15, 0.2) is 6.61 Å². The van der Waals surface area contributed by atoms with E-state index in [-0.39, 0.29) is 35.1 Å². The van der Waals surface area contributed by atoms with Crippen molar-refractivity contribution in [3.63, 3.8) is 0 Å². The lowest BCUT2D eigenvalue weighted by Crippen LogP contribution is -2.42. The van der Waals surface area contributed by atoms with E-state index in [1.807, 2.05) is 0 Å². The van der Waals surface area contributed by atoms with Crippen LogP contribution in [0.4, 0.5) is 0 Å². The third kappa shape index (κ3) is 4.59. The van der Waals surface area contributed by atoms with Crippen molar-refractivity contribution in [2.45, 2.75) is 19.8 Å². The predicted octanol–water partition coefficient (Wildman–Crippen LogP) is 2.85. The van der Waals surface area contributed by atoms with Crippen LogP contribution in [0.15, 0.2) is 30.3 Å². The van der Waals surface area contributed by atoms with E-state index in [1.54, 1.807) is 36.1 Å². The number of pyridine rings is 1. The zero-order valence-electron chi connectivity index (χ0n) is 15.5. The Morgan fingerprint density at radius 3 is 2.61 bits per heavy atom. The van der Waals surface area contributed by atoms with Crippen LogP contribution < -0.4 is 0 Å². The summed E-state index contributed by atoms with van der Waals surface area (Å²) >= 11 is 5.98. The van der Waals surface area contributed by atoms with Crippen molar-refractivity contribution in [3.05, 3.63) is 41.0 Å². The number of fused-ring (bicyclic) bond motifs is 1. The fourth-order valence-corrected chi connectivity index (χ4v) is 3.43. The number of aromatic nitrogens is 1. The summed E-state index contributed by atoms with van der Waals surface area (Å²) in [6.45, 7) is 2.62. The molecule has 0 aliphatic carbocycles. The Morgan fingerprint density at radius 1 is 1.18 bits per heavy atom. The number of esters is 2. The lowest BCUT2D eigenvalue weighted by molar-refractivity contribution is -0.151. The SMILES string of the molecule is CCOC(=O)C1CCN(C(=O)COC(=O)c2cc(Cl)nc3ccccc23)CC1. The molecule has 0 saturated carbocycles. The Morgan fingerprint density at radius 2 is 1.89 bits per heavy atom. The molecule has 2 aromatic rings. The number of hydrogen-bond donors (Lipinski definition) is 0. The van der Waals surface area contributed by atoms with Crippen LogP contribution in [0.25, 0.3) is 10.9 Å². The van der Waals surface area contributed by atoms with Gasteiger partial charge in [-0.3, -0.25) is 9.59 Å². The number of piperidine rings is 1. The minimum atomic E-state index is -0.629. The third-order valence-electron chi connectivity index (χ3n) is 4.70. The van der Waals surface area contributed by atoms with Gasteiger partial charge >= 0.3 is 11.9 Å². The molecule has 1 aromatic heterocycles. The Hall–Kier alpha value is -2.67. The summed E-state index contributed by atoms with van der Waals surface area (Å²) in [7, 11) is 0. The number of carbonyl (C=O) groups is 3. The largest absolute Gasteiger partial charge is 0.466 e. The molecular weight excluding hydrogens is 384 g/mol. The average Bonchev–Trinajstić information content (AvgIpc) is 2.71. The molecule has 1 amide bonds. The second-order valence-electron chi connectivity index (χ2n) is 6.49. The lowest BCUT2D eigenvalue weighted by Gasteiger charge is -2.30. The van der Waals surface area contributed by atoms with Crippen molar-refractivity contribution in [2.75, 3.05) is 26.3 Å². The maximum absolute atomic E-state index is 12.5. The topological polar surface area (TPSA) is 85.8 Å². The summed E-state index contributed by atoms with van der Waals surface area (Å²) in [6.07, 6.45) is 1.09. The number of rotatable bonds is 5. The molecule has 28 heavy (non-hydrogen) atoms. The molecule has 0 atom stereocenters. The first-order chi connectivity index (χ1) is 13.5. The van der Waals surface area contributed by atoms with Gasteiger partial charge in [-0.1, -0.05) is 29.8 Å². The van der Waals surface area contributed by atoms with Crippen molar-refractivity contribution >= 4 is 40.3 Å². The van der Waals surface area contributed by atoms with E-state index in [0.29, 0.717) is 43.4 Å². The third-order valence-corrected chi connectivity index (χ3v) is 4.89. The number of ether oxygens (including phenoxy) is 2. The first kappa shape index (κ1) is 20.1. The van der Waals surface area contributed by atoms with Crippen molar-refractivity contribution in [2.24, 2.45) is 5.92 Å². The number of carbonyl (C=O) groups excluding carboxylic acids is 3. The highest BCUT2D eigenvalue weighted by Crippen LogP contribution is 2.22. The lowest BCUT2D eigenvalue weighted by atomic mass is 9.97. The summed E-state index contributed by atoms with van der Waals surface area (Å²) in [4.78, 5) is 42.4. The number of nitrogens with zero attached hydrogens (tertiary/aromatic N) is 2. The van der Waals surface area contributed by atoms with E-state index in [0.717, 1.165) is 0 Å². The van der Waals surface area contributed by atoms with Gasteiger partial charge in [-0.25, -0.2) is 9.78 Å². The Kier molecular flexibility index (Phi) is 6.46. The van der Waals surface area contributed by atoms with Gasteiger partial charge in [-0.2, -0.15) is 0 Å². The van der Waals surface area contributed by atoms with E-state index >= 15 is 0 Å². The van der Waals surface area contributed by atoms with Crippen LogP contribution in [-0.2, 0) is 19.1 Å². The Balaban J connectivity index is 1.57. The molecule has 148 valence electrons. The van der Waals surface area contributed by atoms with E-state index in [2.05, 4.69) is 4.98 Å². The second kappa shape index (κ2) is 9.01. The molecule has 1 saturated heterocycles.